The molecule has 0 radical (unpaired) electrons. The van der Waals surface area contributed by atoms with Gasteiger partial charge in [-0.25, -0.2) is 0 Å². The van der Waals surface area contributed by atoms with E-state index in [1.54, 1.807) is 0 Å². The second-order valence-corrected chi connectivity index (χ2v) is 4.63. The summed E-state index contributed by atoms with van der Waals surface area (Å²) in [6.45, 7) is 5.78. The summed E-state index contributed by atoms with van der Waals surface area (Å²) in [6.07, 6.45) is 2.68. The van der Waals surface area contributed by atoms with E-state index in [1.165, 1.54) is 5.75 Å². The van der Waals surface area contributed by atoms with Crippen LogP contribution < -0.4 is 0 Å². The van der Waals surface area contributed by atoms with Crippen molar-refractivity contribution in [2.24, 2.45) is 5.92 Å². The van der Waals surface area contributed by atoms with Crippen LogP contribution in [0.4, 0.5) is 0 Å². The lowest BCUT2D eigenvalue weighted by molar-refractivity contribution is -0.122. The van der Waals surface area contributed by atoms with Crippen molar-refractivity contribution in [3.05, 3.63) is 12.2 Å². The van der Waals surface area contributed by atoms with Gasteiger partial charge in [0, 0.05) is 18.1 Å². The average Bonchev–Trinajstić information content (AvgIpc) is 2.51. The van der Waals surface area contributed by atoms with Crippen molar-refractivity contribution in [3.63, 3.8) is 0 Å². The van der Waals surface area contributed by atoms with Gasteiger partial charge in [-0.05, 0) is 25.5 Å². The lowest BCUT2D eigenvalue weighted by atomic mass is 9.98. The molecule has 1 saturated heterocycles. The van der Waals surface area contributed by atoms with Gasteiger partial charge in [-0.1, -0.05) is 5.57 Å². The molecule has 1 heterocycles. The molecule has 0 bridgehead atoms. The second kappa shape index (κ2) is 4.70. The zero-order valence-electron chi connectivity index (χ0n) is 7.64. The molecule has 1 aliphatic heterocycles. The molecule has 0 N–H and O–H groups in total. The number of carbonyl (C=O) groups is 1. The minimum atomic E-state index is 0.356. The summed E-state index contributed by atoms with van der Waals surface area (Å²) in [5, 5.41) is 0. The lowest BCUT2D eigenvalue weighted by Gasteiger charge is -2.05. The van der Waals surface area contributed by atoms with Crippen LogP contribution in [-0.2, 0) is 4.79 Å². The number of ketones is 1. The fourth-order valence-corrected chi connectivity index (χ4v) is 2.58. The van der Waals surface area contributed by atoms with Crippen molar-refractivity contribution < 1.29 is 4.79 Å². The van der Waals surface area contributed by atoms with Gasteiger partial charge < -0.3 is 0 Å². The Morgan fingerprint density at radius 1 is 1.58 bits per heavy atom. The van der Waals surface area contributed by atoms with Crippen LogP contribution in [0.2, 0.25) is 0 Å². The van der Waals surface area contributed by atoms with Gasteiger partial charge in [-0.15, -0.1) is 6.58 Å². The standard InChI is InChI=1S/C10H16OS/c1-8(2)3-4-10(11)9-5-6-12-7-9/h9H,1,3-7H2,2H3. The van der Waals surface area contributed by atoms with E-state index < -0.39 is 0 Å². The van der Waals surface area contributed by atoms with Crippen LogP contribution in [0.5, 0.6) is 0 Å². The number of thioether (sulfide) groups is 1. The molecule has 12 heavy (non-hydrogen) atoms. The van der Waals surface area contributed by atoms with Gasteiger partial charge in [0.1, 0.15) is 5.78 Å². The molecular formula is C10H16OS. The molecule has 0 saturated carbocycles. The summed E-state index contributed by atoms with van der Waals surface area (Å²) in [4.78, 5) is 11.5. The van der Waals surface area contributed by atoms with E-state index in [0.717, 1.165) is 24.2 Å². The second-order valence-electron chi connectivity index (χ2n) is 3.48. The van der Waals surface area contributed by atoms with Crippen molar-refractivity contribution in [1.82, 2.24) is 0 Å². The largest absolute Gasteiger partial charge is 0.299 e. The number of rotatable bonds is 4. The molecule has 1 atom stereocenters. The third kappa shape index (κ3) is 3.02. The Labute approximate surface area is 78.6 Å². The van der Waals surface area contributed by atoms with Crippen molar-refractivity contribution in [1.29, 1.82) is 0 Å². The summed E-state index contributed by atoms with van der Waals surface area (Å²) < 4.78 is 0. The van der Waals surface area contributed by atoms with E-state index in [0.29, 0.717) is 18.1 Å². The summed E-state index contributed by atoms with van der Waals surface area (Å²) in [7, 11) is 0. The van der Waals surface area contributed by atoms with Gasteiger partial charge in [0.25, 0.3) is 0 Å². The Hall–Kier alpha value is -0.240. The van der Waals surface area contributed by atoms with E-state index in [9.17, 15) is 4.79 Å². The SMILES string of the molecule is C=C(C)CCC(=O)C1CCSC1. The molecule has 0 aromatic rings. The van der Waals surface area contributed by atoms with Crippen LogP contribution in [0, 0.1) is 5.92 Å². The molecule has 0 spiro atoms. The first kappa shape index (κ1) is 9.85. The minimum absolute atomic E-state index is 0.356. The molecular weight excluding hydrogens is 168 g/mol. The highest BCUT2D eigenvalue weighted by Crippen LogP contribution is 2.25. The first-order valence-corrected chi connectivity index (χ1v) is 5.60. The Bertz CT molecular complexity index is 180. The third-order valence-corrected chi connectivity index (χ3v) is 3.35. The molecule has 0 aliphatic carbocycles. The van der Waals surface area contributed by atoms with Crippen LogP contribution in [0.25, 0.3) is 0 Å². The molecule has 1 rings (SSSR count). The number of carbonyl (C=O) groups excluding carboxylic acids is 1. The summed E-state index contributed by atoms with van der Waals surface area (Å²) >= 11 is 1.90. The van der Waals surface area contributed by atoms with E-state index in [4.69, 9.17) is 0 Å². The molecule has 1 unspecified atom stereocenters. The fourth-order valence-electron chi connectivity index (χ4n) is 1.33. The van der Waals surface area contributed by atoms with Crippen molar-refractivity contribution in [2.45, 2.75) is 26.2 Å². The summed E-state index contributed by atoms with van der Waals surface area (Å²) in [5.74, 6) is 3.02. The number of allylic oxidation sites excluding steroid dienone is 1. The zero-order valence-corrected chi connectivity index (χ0v) is 8.45. The Morgan fingerprint density at radius 3 is 2.83 bits per heavy atom. The smallest absolute Gasteiger partial charge is 0.137 e. The Kier molecular flexibility index (Phi) is 3.86. The predicted molar refractivity (Wildman–Crippen MR) is 54.5 cm³/mol. The van der Waals surface area contributed by atoms with Gasteiger partial charge in [-0.3, -0.25) is 4.79 Å². The highest BCUT2D eigenvalue weighted by Gasteiger charge is 2.22. The highest BCUT2D eigenvalue weighted by molar-refractivity contribution is 7.99. The average molecular weight is 184 g/mol. The predicted octanol–water partition coefficient (Wildman–Crippen LogP) is 2.66. The van der Waals surface area contributed by atoms with Crippen LogP contribution >= 0.6 is 11.8 Å². The van der Waals surface area contributed by atoms with Crippen LogP contribution in [0.1, 0.15) is 26.2 Å². The quantitative estimate of drug-likeness (QED) is 0.625. The van der Waals surface area contributed by atoms with Gasteiger partial charge in [-0.2, -0.15) is 11.8 Å². The number of Topliss-reactive ketones (excluding diaryl/α,β-unsaturated/α-hetero) is 1. The molecule has 1 nitrogen and oxygen atoms in total. The van der Waals surface area contributed by atoms with Crippen LogP contribution in [0.15, 0.2) is 12.2 Å². The zero-order chi connectivity index (χ0) is 8.97. The molecule has 68 valence electrons. The lowest BCUT2D eigenvalue weighted by Crippen LogP contribution is -2.13. The fraction of sp³-hybridized carbons (Fsp3) is 0.700. The number of hydrogen-bond acceptors (Lipinski definition) is 2. The van der Waals surface area contributed by atoms with Crippen LogP contribution in [0.3, 0.4) is 0 Å². The summed E-state index contributed by atoms with van der Waals surface area (Å²) in [5.41, 5.74) is 1.12. The van der Waals surface area contributed by atoms with E-state index >= 15 is 0 Å². The van der Waals surface area contributed by atoms with Gasteiger partial charge >= 0.3 is 0 Å². The molecule has 2 heteroatoms. The molecule has 1 aliphatic rings. The third-order valence-electron chi connectivity index (χ3n) is 2.18. The van der Waals surface area contributed by atoms with Gasteiger partial charge in [0.05, 0.1) is 0 Å². The Balaban J connectivity index is 2.23. The maximum Gasteiger partial charge on any atom is 0.137 e. The molecule has 0 aromatic heterocycles. The highest BCUT2D eigenvalue weighted by atomic mass is 32.2. The maximum absolute atomic E-state index is 11.5. The normalized spacial score (nSPS) is 22.6. The van der Waals surface area contributed by atoms with E-state index in [-0.39, 0.29) is 0 Å². The first-order valence-electron chi connectivity index (χ1n) is 4.45. The van der Waals surface area contributed by atoms with Gasteiger partial charge in [0.2, 0.25) is 0 Å². The first-order chi connectivity index (χ1) is 5.70. The molecule has 0 aromatic carbocycles. The minimum Gasteiger partial charge on any atom is -0.299 e. The monoisotopic (exact) mass is 184 g/mol. The van der Waals surface area contributed by atoms with E-state index in [2.05, 4.69) is 6.58 Å². The topological polar surface area (TPSA) is 17.1 Å². The van der Waals surface area contributed by atoms with Crippen LogP contribution in [-0.4, -0.2) is 17.3 Å². The molecule has 0 amide bonds. The van der Waals surface area contributed by atoms with Crippen molar-refractivity contribution >= 4 is 17.5 Å². The Morgan fingerprint density at radius 2 is 2.33 bits per heavy atom. The maximum atomic E-state index is 11.5. The van der Waals surface area contributed by atoms with Crippen molar-refractivity contribution in [3.8, 4) is 0 Å². The molecule has 1 fully saturated rings. The number of hydrogen-bond donors (Lipinski definition) is 0. The summed E-state index contributed by atoms with van der Waals surface area (Å²) in [6, 6.07) is 0. The van der Waals surface area contributed by atoms with Crippen molar-refractivity contribution in [2.75, 3.05) is 11.5 Å². The van der Waals surface area contributed by atoms with E-state index in [1.807, 2.05) is 18.7 Å². The van der Waals surface area contributed by atoms with Gasteiger partial charge in [0.15, 0.2) is 0 Å².